The molecule has 0 saturated heterocycles. The lowest BCUT2D eigenvalue weighted by Crippen LogP contribution is -2.45. The number of hydrogen-bond donors (Lipinski definition) is 3. The Morgan fingerprint density at radius 3 is 1.14 bits per heavy atom. The number of phosphoric ester groups is 1. The Morgan fingerprint density at radius 2 is 0.786 bits per heavy atom. The second kappa shape index (κ2) is 52.6. The highest BCUT2D eigenvalue weighted by molar-refractivity contribution is 7.47. The highest BCUT2D eigenvalue weighted by Gasteiger charge is 2.27. The molecule has 0 aromatic carbocycles. The minimum absolute atomic E-state index is 0.0552. The normalized spacial score (nSPS) is 14.1. The van der Waals surface area contributed by atoms with Gasteiger partial charge in [0.15, 0.2) is 0 Å². The molecular weight excluding hydrogens is 888 g/mol. The summed E-state index contributed by atoms with van der Waals surface area (Å²) in [6.45, 7) is 4.83. The van der Waals surface area contributed by atoms with Crippen molar-refractivity contribution in [3.8, 4) is 0 Å². The van der Waals surface area contributed by atoms with Crippen molar-refractivity contribution in [2.45, 2.75) is 309 Å². The van der Waals surface area contributed by atoms with Crippen LogP contribution >= 0.6 is 7.82 Å². The van der Waals surface area contributed by atoms with Gasteiger partial charge in [-0.15, -0.1) is 0 Å². The van der Waals surface area contributed by atoms with E-state index in [1.807, 2.05) is 27.2 Å². The van der Waals surface area contributed by atoms with Gasteiger partial charge in [-0.25, -0.2) is 4.57 Å². The van der Waals surface area contributed by atoms with Crippen LogP contribution in [0.5, 0.6) is 0 Å². The van der Waals surface area contributed by atoms with Crippen molar-refractivity contribution in [1.82, 2.24) is 5.32 Å². The van der Waals surface area contributed by atoms with Gasteiger partial charge in [0.1, 0.15) is 13.2 Å². The number of rotatable bonds is 56. The number of quaternary nitrogens is 1. The van der Waals surface area contributed by atoms with Crippen LogP contribution in [0.1, 0.15) is 296 Å². The van der Waals surface area contributed by atoms with E-state index in [0.29, 0.717) is 17.4 Å². The molecule has 0 heterocycles. The van der Waals surface area contributed by atoms with Crippen molar-refractivity contribution in [1.29, 1.82) is 0 Å². The van der Waals surface area contributed by atoms with Crippen molar-refractivity contribution >= 4 is 13.7 Å². The molecule has 8 nitrogen and oxygen atoms in total. The Morgan fingerprint density at radius 1 is 0.471 bits per heavy atom. The van der Waals surface area contributed by atoms with Gasteiger partial charge >= 0.3 is 7.82 Å². The number of aliphatic hydroxyl groups is 1. The van der Waals surface area contributed by atoms with Crippen LogP contribution in [-0.2, 0) is 18.4 Å². The topological polar surface area (TPSA) is 105 Å². The fourth-order valence-corrected chi connectivity index (χ4v) is 9.81. The van der Waals surface area contributed by atoms with Gasteiger partial charge in [0.05, 0.1) is 39.9 Å². The van der Waals surface area contributed by atoms with Crippen molar-refractivity contribution in [2.24, 2.45) is 0 Å². The maximum absolute atomic E-state index is 13.0. The van der Waals surface area contributed by atoms with E-state index in [1.54, 1.807) is 6.08 Å². The number of nitrogens with zero attached hydrogens (tertiary/aromatic N) is 1. The molecule has 0 aromatic rings. The molecule has 1 amide bonds. The van der Waals surface area contributed by atoms with E-state index in [0.717, 1.165) is 44.9 Å². The number of carbonyl (C=O) groups is 1. The molecule has 70 heavy (non-hydrogen) atoms. The van der Waals surface area contributed by atoms with Crippen LogP contribution in [0.2, 0.25) is 0 Å². The summed E-state index contributed by atoms with van der Waals surface area (Å²) in [6.07, 6.45) is 68.4. The molecule has 0 aromatic heterocycles. The van der Waals surface area contributed by atoms with E-state index >= 15 is 0 Å². The maximum Gasteiger partial charge on any atom is 0.472 e. The Balaban J connectivity index is 4.19. The lowest BCUT2D eigenvalue weighted by molar-refractivity contribution is -0.870. The van der Waals surface area contributed by atoms with E-state index in [9.17, 15) is 19.4 Å². The first-order valence-electron chi connectivity index (χ1n) is 30.4. The summed E-state index contributed by atoms with van der Waals surface area (Å²) in [5.74, 6) is -0.185. The first kappa shape index (κ1) is 68.7. The summed E-state index contributed by atoms with van der Waals surface area (Å²) < 4.78 is 23.7. The molecule has 0 radical (unpaired) electrons. The zero-order valence-corrected chi connectivity index (χ0v) is 48.2. The minimum Gasteiger partial charge on any atom is -0.387 e. The number of phosphoric acid groups is 1. The van der Waals surface area contributed by atoms with Gasteiger partial charge < -0.3 is 19.8 Å². The zero-order chi connectivity index (χ0) is 51.3. The maximum atomic E-state index is 13.0. The average Bonchev–Trinajstić information content (AvgIpc) is 3.32. The Labute approximate surface area is 436 Å². The molecule has 3 unspecified atom stereocenters. The van der Waals surface area contributed by atoms with E-state index in [1.165, 1.54) is 231 Å². The van der Waals surface area contributed by atoms with Crippen molar-refractivity contribution in [3.63, 3.8) is 0 Å². The van der Waals surface area contributed by atoms with E-state index in [-0.39, 0.29) is 19.1 Å². The highest BCUT2D eigenvalue weighted by atomic mass is 31.2. The number of unbranched alkanes of at least 4 members (excludes halogenated alkanes) is 39. The number of likely N-dealkylation sites (N-methyl/N-ethyl adjacent to an activating group) is 1. The van der Waals surface area contributed by atoms with Gasteiger partial charge in [-0.1, -0.05) is 281 Å². The van der Waals surface area contributed by atoms with E-state index < -0.39 is 20.0 Å². The monoisotopic (exact) mass is 1010 g/mol. The molecule has 0 bridgehead atoms. The Kier molecular flexibility index (Phi) is 51.6. The first-order chi connectivity index (χ1) is 34.0. The average molecular weight is 1010 g/mol. The molecule has 0 aliphatic rings. The number of hydrogen-bond acceptors (Lipinski definition) is 5. The third-order valence-electron chi connectivity index (χ3n) is 13.8. The molecule has 0 saturated carbocycles. The van der Waals surface area contributed by atoms with Crippen molar-refractivity contribution in [2.75, 3.05) is 40.9 Å². The summed E-state index contributed by atoms with van der Waals surface area (Å²) in [7, 11) is 1.56. The quantitative estimate of drug-likeness (QED) is 0.0243. The Bertz CT molecular complexity index is 1230. The molecule has 414 valence electrons. The van der Waals surface area contributed by atoms with Crippen LogP contribution in [0.4, 0.5) is 0 Å². The molecule has 0 fully saturated rings. The predicted octanol–water partition coefficient (Wildman–Crippen LogP) is 18.5. The lowest BCUT2D eigenvalue weighted by Gasteiger charge is -2.25. The molecule has 0 aliphatic heterocycles. The smallest absolute Gasteiger partial charge is 0.387 e. The number of carbonyl (C=O) groups excluding carboxylic acids is 1. The summed E-state index contributed by atoms with van der Waals surface area (Å²) in [4.78, 5) is 23.3. The van der Waals surface area contributed by atoms with Gasteiger partial charge in [-0.2, -0.15) is 0 Å². The molecule has 0 spiro atoms. The fraction of sp³-hybridized carbons (Fsp3) is 0.885. The third-order valence-corrected chi connectivity index (χ3v) is 14.8. The minimum atomic E-state index is -4.36. The molecule has 0 aliphatic carbocycles. The second-order valence-electron chi connectivity index (χ2n) is 22.1. The first-order valence-corrected chi connectivity index (χ1v) is 31.9. The molecule has 3 atom stereocenters. The number of allylic oxidation sites excluding steroid dienone is 5. The van der Waals surface area contributed by atoms with Crippen LogP contribution in [-0.4, -0.2) is 73.4 Å². The van der Waals surface area contributed by atoms with E-state index in [4.69, 9.17) is 9.05 Å². The lowest BCUT2D eigenvalue weighted by atomic mass is 10.0. The van der Waals surface area contributed by atoms with Gasteiger partial charge in [0.2, 0.25) is 5.91 Å². The van der Waals surface area contributed by atoms with Gasteiger partial charge in [0, 0.05) is 6.42 Å². The number of aliphatic hydroxyl groups excluding tert-OH is 1. The third kappa shape index (κ3) is 54.5. The molecule has 3 N–H and O–H groups in total. The van der Waals surface area contributed by atoms with Gasteiger partial charge in [-0.3, -0.25) is 13.8 Å². The van der Waals surface area contributed by atoms with Gasteiger partial charge in [0.25, 0.3) is 0 Å². The zero-order valence-electron chi connectivity index (χ0n) is 47.3. The Hall–Kier alpha value is -1.28. The molecule has 9 heteroatoms. The fourth-order valence-electron chi connectivity index (χ4n) is 9.08. The SMILES string of the molecule is CCCCCCCCCCCCC/C=C/CC/C=C/CC/C=C/C(O)C(COP(=O)(O)OCC[N+](C)(C)C)NC(=O)CCCCCCCCCCCCCCCCCCCCCCCCCCCCC. The largest absolute Gasteiger partial charge is 0.472 e. The van der Waals surface area contributed by atoms with Crippen molar-refractivity contribution < 1.29 is 32.9 Å². The van der Waals surface area contributed by atoms with Crippen LogP contribution in [0, 0.1) is 0 Å². The van der Waals surface area contributed by atoms with Crippen molar-refractivity contribution in [3.05, 3.63) is 36.5 Å². The summed E-state index contributed by atoms with van der Waals surface area (Å²) in [5.41, 5.74) is 0. The summed E-state index contributed by atoms with van der Waals surface area (Å²) >= 11 is 0. The van der Waals surface area contributed by atoms with Crippen LogP contribution in [0.15, 0.2) is 36.5 Å². The highest BCUT2D eigenvalue weighted by Crippen LogP contribution is 2.43. The molecule has 0 rings (SSSR count). The van der Waals surface area contributed by atoms with Crippen LogP contribution in [0.25, 0.3) is 0 Å². The molecular formula is C61H120N2O6P+. The van der Waals surface area contributed by atoms with Crippen LogP contribution in [0.3, 0.4) is 0 Å². The summed E-state index contributed by atoms with van der Waals surface area (Å²) in [6, 6.07) is -0.868. The van der Waals surface area contributed by atoms with Crippen LogP contribution < -0.4 is 5.32 Å². The predicted molar refractivity (Wildman–Crippen MR) is 304 cm³/mol. The standard InChI is InChI=1S/C61H119N2O6P/c1-6-8-10-12-14-16-18-20-22-24-26-28-29-30-31-32-33-35-37-39-41-43-45-47-49-51-53-55-61(65)62-59(58-69-70(66,67)68-57-56-63(3,4)5)60(64)54-52-50-48-46-44-42-40-38-36-34-27-25-23-21-19-17-15-13-11-9-7-2/h36,38,44,46,52,54,59-60,64H,6-35,37,39-43,45,47-51,53,55-58H2,1-5H3,(H-,62,65,66,67)/p+1/b38-36+,46-44+,54-52+. The second-order valence-corrected chi connectivity index (χ2v) is 23.5. The summed E-state index contributed by atoms with van der Waals surface area (Å²) in [5, 5.41) is 13.9. The number of nitrogens with one attached hydrogen (secondary N) is 1. The van der Waals surface area contributed by atoms with Gasteiger partial charge in [-0.05, 0) is 44.9 Å². The number of amides is 1. The van der Waals surface area contributed by atoms with E-state index in [2.05, 4.69) is 43.5 Å².